The van der Waals surface area contributed by atoms with Gasteiger partial charge in [-0.05, 0) is 24.3 Å². The number of hydrogen-bond acceptors (Lipinski definition) is 3. The third-order valence-electron chi connectivity index (χ3n) is 3.41. The third kappa shape index (κ3) is 7.00. The van der Waals surface area contributed by atoms with Gasteiger partial charge in [-0.3, -0.25) is 4.79 Å². The summed E-state index contributed by atoms with van der Waals surface area (Å²) >= 11 is 0. The molecule has 4 heteroatoms. The second-order valence-corrected chi connectivity index (χ2v) is 5.52. The Kier molecular flexibility index (Phi) is 11.4. The van der Waals surface area contributed by atoms with Gasteiger partial charge in [0, 0.05) is 30.3 Å². The Morgan fingerprint density at radius 1 is 1.23 bits per heavy atom. The van der Waals surface area contributed by atoms with Crippen molar-refractivity contribution in [1.82, 2.24) is 0 Å². The van der Waals surface area contributed by atoms with Crippen molar-refractivity contribution in [3.63, 3.8) is 0 Å². The number of ether oxygens (including phenoxy) is 1. The molecule has 1 saturated heterocycles. The molecule has 0 aliphatic carbocycles. The van der Waals surface area contributed by atoms with E-state index in [2.05, 4.69) is 18.7 Å². The number of unbranched alkanes of at least 4 members (excludes halogenated alkanes) is 1. The molecule has 0 amide bonds. The normalized spacial score (nSPS) is 14.0. The Hall–Kier alpha value is -0.753. The first-order valence-corrected chi connectivity index (χ1v) is 7.86. The fourth-order valence-corrected chi connectivity index (χ4v) is 1.99. The largest absolute Gasteiger partial charge is 1.00 e. The predicted molar refractivity (Wildman–Crippen MR) is 88.9 cm³/mol. The number of morpholine rings is 1. The predicted octanol–water partition coefficient (Wildman–Crippen LogP) is 0.986. The van der Waals surface area contributed by atoms with Crippen molar-refractivity contribution in [3.8, 4) is 0 Å². The zero-order valence-corrected chi connectivity index (χ0v) is 14.6. The molecule has 22 heavy (non-hydrogen) atoms. The van der Waals surface area contributed by atoms with Gasteiger partial charge in [-0.2, -0.15) is 6.42 Å². The van der Waals surface area contributed by atoms with Crippen molar-refractivity contribution in [1.29, 1.82) is 0 Å². The van der Waals surface area contributed by atoms with E-state index in [9.17, 15) is 4.79 Å². The second kappa shape index (κ2) is 11.8. The molecule has 0 radical (unpaired) electrons. The van der Waals surface area contributed by atoms with Gasteiger partial charge in [0.2, 0.25) is 0 Å². The molecule has 3 nitrogen and oxygen atoms in total. The van der Waals surface area contributed by atoms with Crippen LogP contribution in [0.25, 0.3) is 0 Å². The van der Waals surface area contributed by atoms with Crippen LogP contribution in [-0.2, 0) is 4.74 Å². The number of anilines is 1. The third-order valence-corrected chi connectivity index (χ3v) is 3.41. The summed E-state index contributed by atoms with van der Waals surface area (Å²) in [5.41, 5.74) is 1.98. The van der Waals surface area contributed by atoms with Crippen molar-refractivity contribution in [2.45, 2.75) is 33.6 Å². The summed E-state index contributed by atoms with van der Waals surface area (Å²) in [4.78, 5) is 14.1. The van der Waals surface area contributed by atoms with E-state index >= 15 is 0 Å². The summed E-state index contributed by atoms with van der Waals surface area (Å²) in [7, 11) is 0. The van der Waals surface area contributed by atoms with Crippen LogP contribution >= 0.6 is 0 Å². The Labute approximate surface area is 147 Å². The van der Waals surface area contributed by atoms with Crippen LogP contribution in [0.15, 0.2) is 24.3 Å². The van der Waals surface area contributed by atoms with E-state index in [-0.39, 0.29) is 30.6 Å². The zero-order chi connectivity index (χ0) is 15.7. The van der Waals surface area contributed by atoms with Crippen LogP contribution in [0.2, 0.25) is 0 Å². The minimum absolute atomic E-state index is 0. The van der Waals surface area contributed by atoms with Crippen molar-refractivity contribution >= 4 is 11.5 Å². The summed E-state index contributed by atoms with van der Waals surface area (Å²) in [5.74, 6) is 0.266. The first kappa shape index (κ1) is 21.2. The number of Topliss-reactive ketones (excluding diaryl/α,β-unsaturated/α-hetero) is 1. The molecule has 118 valence electrons. The molecule has 0 aromatic heterocycles. The van der Waals surface area contributed by atoms with E-state index in [0.717, 1.165) is 38.3 Å². The van der Waals surface area contributed by atoms with E-state index < -0.39 is 0 Å². The smallest absolute Gasteiger partial charge is 0.378 e. The second-order valence-electron chi connectivity index (χ2n) is 5.52. The summed E-state index contributed by atoms with van der Waals surface area (Å²) < 4.78 is 5.32. The van der Waals surface area contributed by atoms with Crippen LogP contribution < -0.4 is 23.8 Å². The van der Waals surface area contributed by atoms with Crippen molar-refractivity contribution in [3.05, 3.63) is 36.8 Å². The molecule has 0 saturated carbocycles. The fourth-order valence-electron chi connectivity index (χ4n) is 1.99. The maximum Gasteiger partial charge on any atom is 1.00 e. The van der Waals surface area contributed by atoms with Gasteiger partial charge in [0.15, 0.2) is 5.78 Å². The molecule has 0 spiro atoms. The molecule has 1 aliphatic rings. The summed E-state index contributed by atoms with van der Waals surface area (Å²) in [6.45, 7) is 13.0. The number of hydrogen-bond donors (Lipinski definition) is 0. The van der Waals surface area contributed by atoms with Gasteiger partial charge in [0.05, 0.1) is 13.2 Å². The Balaban J connectivity index is 0.000000791. The molecule has 0 N–H and O–H groups in total. The average molecular weight is 297 g/mol. The average Bonchev–Trinajstić information content (AvgIpc) is 2.55. The number of ketones is 1. The van der Waals surface area contributed by atoms with E-state index in [1.165, 1.54) is 12.1 Å². The molecule has 0 atom stereocenters. The van der Waals surface area contributed by atoms with Crippen LogP contribution in [0.1, 0.15) is 44.0 Å². The molecule has 1 aromatic rings. The topological polar surface area (TPSA) is 29.5 Å². The molecule has 2 rings (SSSR count). The first-order chi connectivity index (χ1) is 10.1. The maximum atomic E-state index is 11.8. The van der Waals surface area contributed by atoms with Crippen LogP contribution in [-0.4, -0.2) is 32.1 Å². The van der Waals surface area contributed by atoms with Gasteiger partial charge in [0.1, 0.15) is 0 Å². The van der Waals surface area contributed by atoms with Crippen LogP contribution in [0.3, 0.4) is 0 Å². The Bertz CT molecular complexity index is 410. The molecule has 1 heterocycles. The van der Waals surface area contributed by atoms with E-state index in [1.807, 2.05) is 38.1 Å². The van der Waals surface area contributed by atoms with Crippen LogP contribution in [0.5, 0.6) is 0 Å². The van der Waals surface area contributed by atoms with Crippen LogP contribution in [0, 0.1) is 12.8 Å². The van der Waals surface area contributed by atoms with E-state index in [1.54, 1.807) is 0 Å². The molecular formula is C18H28LiNO2. The van der Waals surface area contributed by atoms with E-state index in [4.69, 9.17) is 4.74 Å². The minimum atomic E-state index is 0. The Morgan fingerprint density at radius 3 is 2.14 bits per heavy atom. The molecule has 0 unspecified atom stereocenters. The number of rotatable bonds is 4. The standard InChI is InChI=1S/C14H19NO2.C4H9.Li/c1-11(2)14(16)12-3-5-13(6-4-12)15-7-9-17-10-8-15;1-3-4-2;/h3-6,11H,7-10H2,1-2H3;1,3-4H2,2H3;/q;-1;+1. The van der Waals surface area contributed by atoms with Gasteiger partial charge in [-0.25, -0.2) is 0 Å². The number of benzene rings is 1. The quantitative estimate of drug-likeness (QED) is 0.471. The molecular weight excluding hydrogens is 269 g/mol. The van der Waals surface area contributed by atoms with Gasteiger partial charge in [-0.1, -0.05) is 27.2 Å². The van der Waals surface area contributed by atoms with Crippen molar-refractivity contribution in [2.75, 3.05) is 31.2 Å². The number of carbonyl (C=O) groups excluding carboxylic acids is 1. The van der Waals surface area contributed by atoms with Gasteiger partial charge >= 0.3 is 18.9 Å². The summed E-state index contributed by atoms with van der Waals surface area (Å²) in [6.07, 6.45) is 2.28. The number of nitrogens with zero attached hydrogens (tertiary/aromatic N) is 1. The maximum absolute atomic E-state index is 11.8. The van der Waals surface area contributed by atoms with Crippen LogP contribution in [0.4, 0.5) is 5.69 Å². The fraction of sp³-hybridized carbons (Fsp3) is 0.556. The number of carbonyl (C=O) groups is 1. The molecule has 1 fully saturated rings. The van der Waals surface area contributed by atoms with Crippen molar-refractivity contribution < 1.29 is 28.4 Å². The van der Waals surface area contributed by atoms with Crippen molar-refractivity contribution in [2.24, 2.45) is 5.92 Å². The molecule has 0 bridgehead atoms. The zero-order valence-electron chi connectivity index (χ0n) is 14.6. The summed E-state index contributed by atoms with van der Waals surface area (Å²) in [6, 6.07) is 7.90. The first-order valence-electron chi connectivity index (χ1n) is 7.86. The van der Waals surface area contributed by atoms with Gasteiger partial charge in [-0.15, -0.1) is 0 Å². The monoisotopic (exact) mass is 297 g/mol. The Morgan fingerprint density at radius 2 is 1.73 bits per heavy atom. The van der Waals surface area contributed by atoms with Gasteiger partial charge < -0.3 is 16.6 Å². The van der Waals surface area contributed by atoms with Gasteiger partial charge in [0.25, 0.3) is 0 Å². The summed E-state index contributed by atoms with van der Waals surface area (Å²) in [5, 5.41) is 0. The molecule has 1 aliphatic heterocycles. The molecule has 1 aromatic carbocycles. The van der Waals surface area contributed by atoms with E-state index in [0.29, 0.717) is 0 Å². The SMILES string of the molecule is CC(C)C(=O)c1ccc(N2CCOCC2)cc1.[CH2-]CCC.[Li+]. The minimum Gasteiger partial charge on any atom is -0.378 e.